The van der Waals surface area contributed by atoms with Crippen molar-refractivity contribution >= 4 is 28.7 Å². The number of benzene rings is 1. The zero-order valence-corrected chi connectivity index (χ0v) is 11.5. The molecule has 0 saturated heterocycles. The van der Waals surface area contributed by atoms with Gasteiger partial charge in [0.15, 0.2) is 0 Å². The van der Waals surface area contributed by atoms with Crippen LogP contribution in [0.15, 0.2) is 41.8 Å². The van der Waals surface area contributed by atoms with Crippen LogP contribution in [-0.2, 0) is 4.74 Å². The number of ether oxygens (including phenoxy) is 1. The molecule has 2 nitrogen and oxygen atoms in total. The van der Waals surface area contributed by atoms with Gasteiger partial charge < -0.3 is 4.74 Å². The second-order valence-corrected chi connectivity index (χ2v) is 5.03. The molecule has 0 N–H and O–H groups in total. The average Bonchev–Trinajstić information content (AvgIpc) is 2.82. The number of ketones is 1. The van der Waals surface area contributed by atoms with E-state index in [0.717, 1.165) is 5.56 Å². The molecule has 1 heterocycles. The summed E-state index contributed by atoms with van der Waals surface area (Å²) in [4.78, 5) is 13.0. The molecule has 0 aliphatic heterocycles. The summed E-state index contributed by atoms with van der Waals surface area (Å²) in [6.07, 6.45) is -0.577. The van der Waals surface area contributed by atoms with Gasteiger partial charge in [-0.2, -0.15) is 0 Å². The number of thiophene rings is 1. The number of halogens is 1. The van der Waals surface area contributed by atoms with E-state index in [1.54, 1.807) is 6.07 Å². The summed E-state index contributed by atoms with van der Waals surface area (Å²) in [5.74, 6) is -0.0805. The van der Waals surface area contributed by atoms with E-state index in [1.165, 1.54) is 11.3 Å². The standard InChI is InChI=1S/C14H13ClO2S/c1-2-17-13(10-6-4-3-5-7-10)12(16)14-11(15)8-9-18-14/h3-9,13H,2H2,1H3. The van der Waals surface area contributed by atoms with Gasteiger partial charge in [0.2, 0.25) is 5.78 Å². The quantitative estimate of drug-likeness (QED) is 0.761. The maximum Gasteiger partial charge on any atom is 0.207 e. The van der Waals surface area contributed by atoms with Gasteiger partial charge in [0.25, 0.3) is 0 Å². The third kappa shape index (κ3) is 2.80. The van der Waals surface area contributed by atoms with Gasteiger partial charge >= 0.3 is 0 Å². The van der Waals surface area contributed by atoms with E-state index in [0.29, 0.717) is 16.5 Å². The number of hydrogen-bond donors (Lipinski definition) is 0. The van der Waals surface area contributed by atoms with Gasteiger partial charge in [-0.05, 0) is 23.9 Å². The predicted octanol–water partition coefficient (Wildman–Crippen LogP) is 4.36. The summed E-state index contributed by atoms with van der Waals surface area (Å²) in [7, 11) is 0. The highest BCUT2D eigenvalue weighted by Crippen LogP contribution is 2.29. The third-order valence-corrected chi connectivity index (χ3v) is 3.87. The Bertz CT molecular complexity index is 522. The molecule has 0 aliphatic rings. The molecule has 0 bridgehead atoms. The summed E-state index contributed by atoms with van der Waals surface area (Å²) >= 11 is 7.35. The Labute approximate surface area is 115 Å². The lowest BCUT2D eigenvalue weighted by Crippen LogP contribution is -2.15. The van der Waals surface area contributed by atoms with E-state index in [4.69, 9.17) is 16.3 Å². The smallest absolute Gasteiger partial charge is 0.207 e. The molecule has 18 heavy (non-hydrogen) atoms. The maximum absolute atomic E-state index is 12.4. The minimum atomic E-state index is -0.577. The first-order valence-electron chi connectivity index (χ1n) is 5.67. The topological polar surface area (TPSA) is 26.3 Å². The van der Waals surface area contributed by atoms with Crippen LogP contribution in [-0.4, -0.2) is 12.4 Å². The first-order chi connectivity index (χ1) is 8.74. The second kappa shape index (κ2) is 6.14. The molecule has 1 atom stereocenters. The predicted molar refractivity (Wildman–Crippen MR) is 74.5 cm³/mol. The third-order valence-electron chi connectivity index (χ3n) is 2.51. The lowest BCUT2D eigenvalue weighted by molar-refractivity contribution is 0.0456. The average molecular weight is 281 g/mol. The van der Waals surface area contributed by atoms with Crippen LogP contribution in [0.25, 0.3) is 0 Å². The molecule has 0 aliphatic carbocycles. The number of carbonyl (C=O) groups is 1. The van der Waals surface area contributed by atoms with Gasteiger partial charge in [-0.15, -0.1) is 11.3 Å². The zero-order valence-electron chi connectivity index (χ0n) is 9.93. The second-order valence-electron chi connectivity index (χ2n) is 3.71. The van der Waals surface area contributed by atoms with Gasteiger partial charge in [-0.25, -0.2) is 0 Å². The van der Waals surface area contributed by atoms with E-state index >= 15 is 0 Å². The Morgan fingerprint density at radius 2 is 2.06 bits per heavy atom. The van der Waals surface area contributed by atoms with E-state index < -0.39 is 6.10 Å². The fraction of sp³-hybridized carbons (Fsp3) is 0.214. The summed E-state index contributed by atoms with van der Waals surface area (Å²) in [5, 5.41) is 2.30. The van der Waals surface area contributed by atoms with Crippen LogP contribution in [0.4, 0.5) is 0 Å². The molecule has 2 aromatic rings. The van der Waals surface area contributed by atoms with E-state index in [2.05, 4.69) is 0 Å². The highest BCUT2D eigenvalue weighted by molar-refractivity contribution is 7.12. The largest absolute Gasteiger partial charge is 0.366 e. The lowest BCUT2D eigenvalue weighted by Gasteiger charge is -2.15. The van der Waals surface area contributed by atoms with Gasteiger partial charge in [0.05, 0.1) is 9.90 Å². The summed E-state index contributed by atoms with van der Waals surface area (Å²) in [6, 6.07) is 11.2. The number of Topliss-reactive ketones (excluding diaryl/α,β-unsaturated/α-hetero) is 1. The number of rotatable bonds is 5. The number of hydrogen-bond acceptors (Lipinski definition) is 3. The fourth-order valence-corrected chi connectivity index (χ4v) is 2.81. The molecule has 1 unspecified atom stereocenters. The van der Waals surface area contributed by atoms with Crippen LogP contribution < -0.4 is 0 Å². The summed E-state index contributed by atoms with van der Waals surface area (Å²) in [6.45, 7) is 2.35. The fourth-order valence-electron chi connectivity index (χ4n) is 1.71. The molecule has 0 radical (unpaired) electrons. The van der Waals surface area contributed by atoms with Crippen molar-refractivity contribution in [2.75, 3.05) is 6.61 Å². The monoisotopic (exact) mass is 280 g/mol. The van der Waals surface area contributed by atoms with Gasteiger partial charge in [0.1, 0.15) is 6.10 Å². The van der Waals surface area contributed by atoms with Crippen LogP contribution in [0, 0.1) is 0 Å². The highest BCUT2D eigenvalue weighted by Gasteiger charge is 2.25. The zero-order chi connectivity index (χ0) is 13.0. The van der Waals surface area contributed by atoms with E-state index in [1.807, 2.05) is 42.6 Å². The molecule has 0 saturated carbocycles. The molecule has 0 spiro atoms. The summed E-state index contributed by atoms with van der Waals surface area (Å²) < 4.78 is 5.57. The van der Waals surface area contributed by atoms with Crippen molar-refractivity contribution in [3.8, 4) is 0 Å². The molecule has 0 fully saturated rings. The highest BCUT2D eigenvalue weighted by atomic mass is 35.5. The van der Waals surface area contributed by atoms with Gasteiger partial charge in [-0.1, -0.05) is 41.9 Å². The molecule has 2 rings (SSSR count). The maximum atomic E-state index is 12.4. The van der Waals surface area contributed by atoms with Crippen molar-refractivity contribution in [2.45, 2.75) is 13.0 Å². The van der Waals surface area contributed by atoms with Crippen molar-refractivity contribution in [3.05, 3.63) is 57.2 Å². The molecule has 1 aromatic carbocycles. The van der Waals surface area contributed by atoms with Crippen molar-refractivity contribution in [3.63, 3.8) is 0 Å². The number of carbonyl (C=O) groups excluding carboxylic acids is 1. The Hall–Kier alpha value is -1.16. The SMILES string of the molecule is CCOC(C(=O)c1sccc1Cl)c1ccccc1. The van der Waals surface area contributed by atoms with Crippen LogP contribution in [0.5, 0.6) is 0 Å². The van der Waals surface area contributed by atoms with Crippen LogP contribution in [0.1, 0.15) is 28.3 Å². The molecular weight excluding hydrogens is 268 g/mol. The Kier molecular flexibility index (Phi) is 4.53. The Balaban J connectivity index is 2.32. The first-order valence-corrected chi connectivity index (χ1v) is 6.93. The van der Waals surface area contributed by atoms with E-state index in [9.17, 15) is 4.79 Å². The Morgan fingerprint density at radius 1 is 1.33 bits per heavy atom. The van der Waals surface area contributed by atoms with Crippen molar-refractivity contribution < 1.29 is 9.53 Å². The van der Waals surface area contributed by atoms with Crippen LogP contribution in [0.2, 0.25) is 5.02 Å². The van der Waals surface area contributed by atoms with Crippen LogP contribution >= 0.6 is 22.9 Å². The van der Waals surface area contributed by atoms with Gasteiger partial charge in [-0.3, -0.25) is 4.79 Å². The first kappa shape index (κ1) is 13.3. The molecule has 4 heteroatoms. The van der Waals surface area contributed by atoms with Gasteiger partial charge in [0, 0.05) is 6.61 Å². The Morgan fingerprint density at radius 3 is 2.61 bits per heavy atom. The van der Waals surface area contributed by atoms with E-state index in [-0.39, 0.29) is 5.78 Å². The lowest BCUT2D eigenvalue weighted by atomic mass is 10.0. The minimum Gasteiger partial charge on any atom is -0.366 e. The van der Waals surface area contributed by atoms with Crippen molar-refractivity contribution in [1.29, 1.82) is 0 Å². The molecule has 0 amide bonds. The molecular formula is C14H13ClO2S. The minimum absolute atomic E-state index is 0.0805. The summed E-state index contributed by atoms with van der Waals surface area (Å²) in [5.41, 5.74) is 0.855. The van der Waals surface area contributed by atoms with Crippen molar-refractivity contribution in [1.82, 2.24) is 0 Å². The molecule has 1 aromatic heterocycles. The van der Waals surface area contributed by atoms with Crippen LogP contribution in [0.3, 0.4) is 0 Å². The normalized spacial score (nSPS) is 12.3. The molecule has 94 valence electrons. The van der Waals surface area contributed by atoms with Crippen molar-refractivity contribution in [2.24, 2.45) is 0 Å².